The van der Waals surface area contributed by atoms with E-state index in [1.54, 1.807) is 25.2 Å². The highest BCUT2D eigenvalue weighted by molar-refractivity contribution is 5.96. The molecule has 0 bridgehead atoms. The third-order valence-electron chi connectivity index (χ3n) is 5.03. The Bertz CT molecular complexity index is 1000. The molecule has 1 saturated carbocycles. The number of hydrogen-bond acceptors (Lipinski definition) is 4. The van der Waals surface area contributed by atoms with Crippen molar-refractivity contribution in [3.8, 4) is 0 Å². The van der Waals surface area contributed by atoms with Crippen LogP contribution < -0.4 is 11.1 Å². The van der Waals surface area contributed by atoms with Crippen LogP contribution in [-0.2, 0) is 16.6 Å². The van der Waals surface area contributed by atoms with Crippen molar-refractivity contribution in [2.75, 3.05) is 5.32 Å². The molecule has 2 aromatic carbocycles. The van der Waals surface area contributed by atoms with E-state index in [4.69, 9.17) is 9.15 Å². The second kappa shape index (κ2) is 7.40. The molecule has 1 N–H and O–H groups in total. The zero-order valence-electron chi connectivity index (χ0n) is 15.2. The molecule has 1 heterocycles. The third kappa shape index (κ3) is 3.66. The van der Waals surface area contributed by atoms with Gasteiger partial charge in [0.15, 0.2) is 11.7 Å². The monoisotopic (exact) mass is 366 g/mol. The lowest BCUT2D eigenvalue weighted by molar-refractivity contribution is -0.131. The maximum Gasteiger partial charge on any atom is 0.419 e. The average molecular weight is 366 g/mol. The number of aryl methyl sites for hydroxylation is 1. The highest BCUT2D eigenvalue weighted by Gasteiger charge is 2.27. The van der Waals surface area contributed by atoms with E-state index in [0.717, 1.165) is 31.2 Å². The van der Waals surface area contributed by atoms with Crippen molar-refractivity contribution < 1.29 is 13.9 Å². The lowest BCUT2D eigenvalue weighted by atomic mass is 10.1. The van der Waals surface area contributed by atoms with Crippen LogP contribution in [0.15, 0.2) is 57.7 Å². The Morgan fingerprint density at radius 1 is 1.19 bits per heavy atom. The summed E-state index contributed by atoms with van der Waals surface area (Å²) in [5.74, 6) is -0.661. The van der Waals surface area contributed by atoms with E-state index in [0.29, 0.717) is 16.8 Å². The number of carbonyl (C=O) groups excluding carboxylic acids is 1. The largest absolute Gasteiger partial charge is 0.419 e. The summed E-state index contributed by atoms with van der Waals surface area (Å²) in [5.41, 5.74) is 2.51. The molecular formula is C21H22N2O4. The number of oxazole rings is 1. The predicted octanol–water partition coefficient (Wildman–Crippen LogP) is 3.77. The summed E-state index contributed by atoms with van der Waals surface area (Å²) in [6.07, 6.45) is 3.67. The van der Waals surface area contributed by atoms with Crippen LogP contribution in [0.4, 0.5) is 5.69 Å². The highest BCUT2D eigenvalue weighted by Crippen LogP contribution is 2.29. The van der Waals surface area contributed by atoms with Crippen molar-refractivity contribution in [2.24, 2.45) is 7.05 Å². The molecule has 6 heteroatoms. The number of anilines is 1. The quantitative estimate of drug-likeness (QED) is 0.746. The highest BCUT2D eigenvalue weighted by atomic mass is 16.5. The molecule has 1 aliphatic carbocycles. The zero-order chi connectivity index (χ0) is 18.8. The van der Waals surface area contributed by atoms with Gasteiger partial charge in [0.1, 0.15) is 0 Å². The van der Waals surface area contributed by atoms with Gasteiger partial charge in [-0.05, 0) is 30.5 Å². The SMILES string of the molecule is Cn1c(=O)oc2cc(NC(=O)[C@@H](OC3CCCC3)c3ccccc3)ccc21. The molecule has 27 heavy (non-hydrogen) atoms. The van der Waals surface area contributed by atoms with E-state index < -0.39 is 11.9 Å². The smallest absolute Gasteiger partial charge is 0.408 e. The normalized spacial score (nSPS) is 15.9. The van der Waals surface area contributed by atoms with E-state index in [1.165, 1.54) is 4.57 Å². The standard InChI is InChI=1S/C21H22N2O4/c1-23-17-12-11-15(13-18(17)27-21(23)25)22-20(24)19(14-7-3-2-4-8-14)26-16-9-5-6-10-16/h2-4,7-8,11-13,16,19H,5-6,9-10H2,1H3,(H,22,24)/t19-/m0/s1. The first-order valence-electron chi connectivity index (χ1n) is 9.22. The van der Waals surface area contributed by atoms with Crippen LogP contribution in [0, 0.1) is 0 Å². The number of aromatic nitrogens is 1. The fourth-order valence-corrected chi connectivity index (χ4v) is 3.56. The predicted molar refractivity (Wildman–Crippen MR) is 103 cm³/mol. The Kier molecular flexibility index (Phi) is 4.81. The van der Waals surface area contributed by atoms with Crippen molar-refractivity contribution >= 4 is 22.7 Å². The van der Waals surface area contributed by atoms with Gasteiger partial charge in [-0.2, -0.15) is 0 Å². The van der Waals surface area contributed by atoms with Gasteiger partial charge >= 0.3 is 5.76 Å². The maximum atomic E-state index is 13.0. The summed E-state index contributed by atoms with van der Waals surface area (Å²) in [4.78, 5) is 24.6. The maximum absolute atomic E-state index is 13.0. The van der Waals surface area contributed by atoms with E-state index >= 15 is 0 Å². The lowest BCUT2D eigenvalue weighted by Gasteiger charge is -2.22. The van der Waals surface area contributed by atoms with Gasteiger partial charge in [0.05, 0.1) is 11.6 Å². The van der Waals surface area contributed by atoms with Gasteiger partial charge in [-0.15, -0.1) is 0 Å². The Hall–Kier alpha value is -2.86. The molecule has 4 rings (SSSR count). The molecule has 0 radical (unpaired) electrons. The number of amides is 1. The first kappa shape index (κ1) is 17.5. The molecule has 1 amide bonds. The topological polar surface area (TPSA) is 73.5 Å². The second-order valence-corrected chi connectivity index (χ2v) is 6.93. The number of benzene rings is 2. The molecule has 0 aliphatic heterocycles. The first-order valence-corrected chi connectivity index (χ1v) is 9.22. The Morgan fingerprint density at radius 2 is 1.93 bits per heavy atom. The van der Waals surface area contributed by atoms with Crippen LogP contribution >= 0.6 is 0 Å². The molecule has 1 fully saturated rings. The van der Waals surface area contributed by atoms with Gasteiger partial charge < -0.3 is 14.5 Å². The molecule has 1 aliphatic rings. The van der Waals surface area contributed by atoms with Gasteiger partial charge in [-0.1, -0.05) is 43.2 Å². The molecular weight excluding hydrogens is 344 g/mol. The fraction of sp³-hybridized carbons (Fsp3) is 0.333. The minimum atomic E-state index is -0.673. The molecule has 140 valence electrons. The van der Waals surface area contributed by atoms with Gasteiger partial charge in [-0.3, -0.25) is 9.36 Å². The summed E-state index contributed by atoms with van der Waals surface area (Å²) in [6.45, 7) is 0. The molecule has 3 aromatic rings. The van der Waals surface area contributed by atoms with Crippen molar-refractivity contribution in [3.05, 3.63) is 64.6 Å². The van der Waals surface area contributed by atoms with Gasteiger partial charge in [-0.25, -0.2) is 4.79 Å². The number of rotatable bonds is 5. The van der Waals surface area contributed by atoms with Crippen molar-refractivity contribution in [2.45, 2.75) is 37.9 Å². The third-order valence-corrected chi connectivity index (χ3v) is 5.03. The van der Waals surface area contributed by atoms with Gasteiger partial charge in [0.2, 0.25) is 0 Å². The van der Waals surface area contributed by atoms with Crippen molar-refractivity contribution in [3.63, 3.8) is 0 Å². The average Bonchev–Trinajstić information content (AvgIpc) is 3.28. The number of hydrogen-bond donors (Lipinski definition) is 1. The summed E-state index contributed by atoms with van der Waals surface area (Å²) in [7, 11) is 1.65. The number of ether oxygens (including phenoxy) is 1. The summed E-state index contributed by atoms with van der Waals surface area (Å²) < 4.78 is 12.8. The fourth-order valence-electron chi connectivity index (χ4n) is 3.56. The number of fused-ring (bicyclic) bond motifs is 1. The summed E-state index contributed by atoms with van der Waals surface area (Å²) in [6, 6.07) is 14.7. The lowest BCUT2D eigenvalue weighted by Crippen LogP contribution is -2.26. The van der Waals surface area contributed by atoms with Crippen LogP contribution in [-0.4, -0.2) is 16.6 Å². The minimum absolute atomic E-state index is 0.107. The molecule has 0 spiro atoms. The van der Waals surface area contributed by atoms with E-state index in [9.17, 15) is 9.59 Å². The van der Waals surface area contributed by atoms with Crippen LogP contribution in [0.3, 0.4) is 0 Å². The molecule has 0 unspecified atom stereocenters. The summed E-state index contributed by atoms with van der Waals surface area (Å²) >= 11 is 0. The van der Waals surface area contributed by atoms with Gasteiger partial charge in [0, 0.05) is 18.8 Å². The van der Waals surface area contributed by atoms with Crippen LogP contribution in [0.1, 0.15) is 37.4 Å². The van der Waals surface area contributed by atoms with Crippen LogP contribution in [0.25, 0.3) is 11.1 Å². The zero-order valence-corrected chi connectivity index (χ0v) is 15.2. The molecule has 1 aromatic heterocycles. The first-order chi connectivity index (χ1) is 13.1. The van der Waals surface area contributed by atoms with E-state index in [1.807, 2.05) is 30.3 Å². The van der Waals surface area contributed by atoms with Crippen LogP contribution in [0.2, 0.25) is 0 Å². The molecule has 1 atom stereocenters. The second-order valence-electron chi connectivity index (χ2n) is 6.93. The minimum Gasteiger partial charge on any atom is -0.408 e. The van der Waals surface area contributed by atoms with Gasteiger partial charge in [0.25, 0.3) is 5.91 Å². The number of carbonyl (C=O) groups is 1. The van der Waals surface area contributed by atoms with Crippen molar-refractivity contribution in [1.29, 1.82) is 0 Å². The molecule has 0 saturated heterocycles. The Labute approximate surface area is 156 Å². The Morgan fingerprint density at radius 3 is 2.67 bits per heavy atom. The van der Waals surface area contributed by atoms with Crippen LogP contribution in [0.5, 0.6) is 0 Å². The summed E-state index contributed by atoms with van der Waals surface area (Å²) in [5, 5.41) is 2.90. The molecule has 6 nitrogen and oxygen atoms in total. The Balaban J connectivity index is 1.58. The van der Waals surface area contributed by atoms with E-state index in [2.05, 4.69) is 5.32 Å². The van der Waals surface area contributed by atoms with Crippen molar-refractivity contribution in [1.82, 2.24) is 4.57 Å². The van der Waals surface area contributed by atoms with E-state index in [-0.39, 0.29) is 12.0 Å². The number of nitrogens with one attached hydrogen (secondary N) is 1. The number of nitrogens with zero attached hydrogens (tertiary/aromatic N) is 1.